The van der Waals surface area contributed by atoms with E-state index in [-0.39, 0.29) is 0 Å². The van der Waals surface area contributed by atoms with Crippen LogP contribution in [0, 0.1) is 5.92 Å². The van der Waals surface area contributed by atoms with Crippen LogP contribution in [-0.2, 0) is 12.8 Å². The fourth-order valence-corrected chi connectivity index (χ4v) is 6.71. The lowest BCUT2D eigenvalue weighted by atomic mass is 9.85. The first-order valence-corrected chi connectivity index (χ1v) is 12.7. The van der Waals surface area contributed by atoms with E-state index in [1.807, 2.05) is 4.68 Å². The number of fused-ring (bicyclic) bond motifs is 10. The van der Waals surface area contributed by atoms with E-state index in [0.29, 0.717) is 11.8 Å². The molecule has 2 aromatic carbocycles. The molecule has 172 valence electrons. The zero-order valence-electron chi connectivity index (χ0n) is 19.8. The zero-order chi connectivity index (χ0) is 23.3. The molecule has 0 bridgehead atoms. The number of allylic oxidation sites excluding steroid dienone is 5. The lowest BCUT2D eigenvalue weighted by molar-refractivity contribution is 0.589. The van der Waals surface area contributed by atoms with Gasteiger partial charge in [0.1, 0.15) is 11.3 Å². The quantitative estimate of drug-likeness (QED) is 0.312. The van der Waals surface area contributed by atoms with Gasteiger partial charge in [-0.3, -0.25) is 4.68 Å². The molecule has 3 heterocycles. The Balaban J connectivity index is 1.39. The van der Waals surface area contributed by atoms with Gasteiger partial charge in [0.05, 0.1) is 5.52 Å². The number of hydrogen-bond acceptors (Lipinski definition) is 3. The number of nitrogens with zero attached hydrogens (tertiary/aromatic N) is 2. The van der Waals surface area contributed by atoms with E-state index in [4.69, 9.17) is 10.3 Å². The summed E-state index contributed by atoms with van der Waals surface area (Å²) >= 11 is 0. The van der Waals surface area contributed by atoms with Gasteiger partial charge in [-0.1, -0.05) is 49.4 Å². The number of anilines is 1. The van der Waals surface area contributed by atoms with Crippen LogP contribution in [-0.4, -0.2) is 4.68 Å². The first kappa shape index (κ1) is 19.4. The number of nitrogens with two attached hydrogens (primary N) is 1. The Morgan fingerprint density at radius 3 is 2.80 bits per heavy atom. The van der Waals surface area contributed by atoms with Crippen LogP contribution < -0.4 is 10.7 Å². The highest BCUT2D eigenvalue weighted by molar-refractivity contribution is 6.13. The highest BCUT2D eigenvalue weighted by atomic mass is 16.3. The number of hydrogen-bond donors (Lipinski definition) is 1. The van der Waals surface area contributed by atoms with E-state index < -0.39 is 0 Å². The molecule has 3 aliphatic carbocycles. The molecule has 0 radical (unpaired) electrons. The van der Waals surface area contributed by atoms with Crippen LogP contribution in [0.1, 0.15) is 53.8 Å². The maximum Gasteiger partial charge on any atom is 0.135 e. The van der Waals surface area contributed by atoms with E-state index >= 15 is 0 Å². The van der Waals surface area contributed by atoms with Crippen LogP contribution in [0.15, 0.2) is 76.5 Å². The van der Waals surface area contributed by atoms with Crippen molar-refractivity contribution in [3.8, 4) is 0 Å². The van der Waals surface area contributed by atoms with Crippen LogP contribution in [0.25, 0.3) is 34.0 Å². The van der Waals surface area contributed by atoms with Gasteiger partial charge in [0.25, 0.3) is 0 Å². The van der Waals surface area contributed by atoms with E-state index in [1.165, 1.54) is 50.2 Å². The summed E-state index contributed by atoms with van der Waals surface area (Å²) in [5, 5.41) is 2.48. The smallest absolute Gasteiger partial charge is 0.135 e. The molecule has 2 unspecified atom stereocenters. The Bertz CT molecular complexity index is 1690. The Kier molecular flexibility index (Phi) is 3.78. The molecule has 0 fully saturated rings. The number of benzene rings is 2. The zero-order valence-corrected chi connectivity index (χ0v) is 19.8. The van der Waals surface area contributed by atoms with Crippen molar-refractivity contribution in [2.45, 2.75) is 38.5 Å². The standard InChI is InChI=1S/C31H27N3O/c1-18-11-12-21-27(15-18)34(32)25-13-14-28-31(30(21)25)23-16-22-20-9-5-6-10-24(20)33(19-7-3-2-4-8-19)26(22)17-29(23)35-28/h3,5-14,17-18,22H,2,4,15-16,32H2,1H3. The van der Waals surface area contributed by atoms with Crippen molar-refractivity contribution in [2.24, 2.45) is 5.92 Å². The molecule has 4 aliphatic rings. The molecule has 0 amide bonds. The fraction of sp³-hybridized carbons (Fsp3) is 0.226. The minimum Gasteiger partial charge on any atom is -0.456 e. The van der Waals surface area contributed by atoms with Gasteiger partial charge in [-0.05, 0) is 61.4 Å². The summed E-state index contributed by atoms with van der Waals surface area (Å²) in [7, 11) is 0. The second kappa shape index (κ2) is 6.82. The Labute approximate surface area is 204 Å². The molecule has 0 saturated heterocycles. The number of para-hydroxylation sites is 1. The third kappa shape index (κ3) is 2.52. The van der Waals surface area contributed by atoms with Gasteiger partial charge in [-0.25, -0.2) is 0 Å². The van der Waals surface area contributed by atoms with Gasteiger partial charge < -0.3 is 15.2 Å². The molecule has 4 aromatic rings. The Morgan fingerprint density at radius 1 is 1.00 bits per heavy atom. The van der Waals surface area contributed by atoms with E-state index in [1.54, 1.807) is 0 Å². The lowest BCUT2D eigenvalue weighted by Gasteiger charge is -2.27. The molecule has 4 heteroatoms. The minimum atomic E-state index is 0.317. The van der Waals surface area contributed by atoms with Crippen LogP contribution >= 0.6 is 0 Å². The van der Waals surface area contributed by atoms with Crippen molar-refractivity contribution in [3.05, 3.63) is 100 Å². The topological polar surface area (TPSA) is 47.3 Å². The summed E-state index contributed by atoms with van der Waals surface area (Å²) in [5.41, 5.74) is 11.1. The number of furan rings is 1. The fourth-order valence-electron chi connectivity index (χ4n) is 6.71. The molecular weight excluding hydrogens is 430 g/mol. The molecule has 35 heavy (non-hydrogen) atoms. The predicted molar refractivity (Wildman–Crippen MR) is 144 cm³/mol. The van der Waals surface area contributed by atoms with E-state index in [9.17, 15) is 0 Å². The van der Waals surface area contributed by atoms with Gasteiger partial charge in [0, 0.05) is 56.7 Å². The predicted octanol–water partition coefficient (Wildman–Crippen LogP) is 7.04. The lowest BCUT2D eigenvalue weighted by Crippen LogP contribution is -2.21. The maximum absolute atomic E-state index is 6.63. The molecule has 8 rings (SSSR count). The van der Waals surface area contributed by atoms with Gasteiger partial charge in [0.15, 0.2) is 0 Å². The molecule has 4 nitrogen and oxygen atoms in total. The van der Waals surface area contributed by atoms with Crippen molar-refractivity contribution >= 4 is 39.7 Å². The number of aromatic nitrogens is 1. The third-order valence-corrected chi connectivity index (χ3v) is 8.29. The summed E-state index contributed by atoms with van der Waals surface area (Å²) < 4.78 is 8.45. The van der Waals surface area contributed by atoms with Crippen molar-refractivity contribution < 1.29 is 4.42 Å². The first-order valence-electron chi connectivity index (χ1n) is 12.7. The molecule has 1 aliphatic heterocycles. The molecule has 0 saturated carbocycles. The van der Waals surface area contributed by atoms with Crippen molar-refractivity contribution in [3.63, 3.8) is 0 Å². The van der Waals surface area contributed by atoms with Crippen LogP contribution in [0.3, 0.4) is 0 Å². The van der Waals surface area contributed by atoms with Crippen molar-refractivity contribution in [1.29, 1.82) is 0 Å². The largest absolute Gasteiger partial charge is 0.456 e. The highest BCUT2D eigenvalue weighted by Gasteiger charge is 2.39. The molecular formula is C31H27N3O. The normalized spacial score (nSPS) is 22.1. The Morgan fingerprint density at radius 2 is 1.91 bits per heavy atom. The van der Waals surface area contributed by atoms with Gasteiger partial charge in [-0.15, -0.1) is 0 Å². The molecule has 0 spiro atoms. The maximum atomic E-state index is 6.63. The number of nitrogen functional groups attached to an aromatic ring is 1. The summed E-state index contributed by atoms with van der Waals surface area (Å²) in [5.74, 6) is 8.43. The van der Waals surface area contributed by atoms with Crippen LogP contribution in [0.4, 0.5) is 5.69 Å². The monoisotopic (exact) mass is 457 g/mol. The van der Waals surface area contributed by atoms with Crippen molar-refractivity contribution in [2.75, 3.05) is 10.7 Å². The van der Waals surface area contributed by atoms with Gasteiger partial charge >= 0.3 is 0 Å². The van der Waals surface area contributed by atoms with E-state index in [2.05, 4.69) is 84.7 Å². The van der Waals surface area contributed by atoms with Gasteiger partial charge in [-0.2, -0.15) is 0 Å². The van der Waals surface area contributed by atoms with Crippen LogP contribution in [0.5, 0.6) is 0 Å². The summed E-state index contributed by atoms with van der Waals surface area (Å²) in [6.45, 7) is 2.25. The summed E-state index contributed by atoms with van der Waals surface area (Å²) in [6, 6.07) is 13.1. The SMILES string of the molecule is CC1C=Cc2c(n(N)c3ccc4oc5c(c4c23)CC2C(=C5)N(C3=CCCC=C3)c3ccccc32)C1. The average Bonchev–Trinajstić information content (AvgIpc) is 3.50. The van der Waals surface area contributed by atoms with Gasteiger partial charge in [0.2, 0.25) is 0 Å². The summed E-state index contributed by atoms with van der Waals surface area (Å²) in [4.78, 5) is 2.45. The van der Waals surface area contributed by atoms with Crippen LogP contribution in [0.2, 0.25) is 0 Å². The average molecular weight is 458 g/mol. The second-order valence-electron chi connectivity index (χ2n) is 10.4. The summed E-state index contributed by atoms with van der Waals surface area (Å²) in [6.07, 6.45) is 17.9. The Hall–Kier alpha value is -3.92. The first-order chi connectivity index (χ1) is 17.2. The molecule has 2 atom stereocenters. The van der Waals surface area contributed by atoms with Crippen molar-refractivity contribution in [1.82, 2.24) is 4.68 Å². The molecule has 2 N–H and O–H groups in total. The van der Waals surface area contributed by atoms with E-state index in [0.717, 1.165) is 42.5 Å². The highest BCUT2D eigenvalue weighted by Crippen LogP contribution is 2.53. The third-order valence-electron chi connectivity index (χ3n) is 8.29. The number of rotatable bonds is 1. The minimum absolute atomic E-state index is 0.317. The molecule has 2 aromatic heterocycles. The second-order valence-corrected chi connectivity index (χ2v) is 10.4.